The monoisotopic (exact) mass is 584 g/mol. The Kier molecular flexibility index (Phi) is 10.2. The summed E-state index contributed by atoms with van der Waals surface area (Å²) in [5.41, 5.74) is 7.66. The normalized spacial score (nSPS) is 11.6. The van der Waals surface area contributed by atoms with Gasteiger partial charge in [-0.25, -0.2) is 18.8 Å². The van der Waals surface area contributed by atoms with Crippen LogP contribution < -0.4 is 30.1 Å². The highest BCUT2D eigenvalue weighted by Crippen LogP contribution is 2.37. The van der Waals surface area contributed by atoms with Gasteiger partial charge in [-0.1, -0.05) is 39.0 Å². The number of carbonyl (C=O) groups excluding carboxylic acids is 2. The quantitative estimate of drug-likeness (QED) is 0.125. The molecular formula is C27H32N6O7S. The number of benzene rings is 2. The molecule has 2 aromatic carbocycles. The van der Waals surface area contributed by atoms with E-state index in [0.29, 0.717) is 24.3 Å². The first kappa shape index (κ1) is 30.8. The van der Waals surface area contributed by atoms with Crippen LogP contribution in [0.15, 0.2) is 64.9 Å². The van der Waals surface area contributed by atoms with Gasteiger partial charge >= 0.3 is 11.8 Å². The second-order valence-electron chi connectivity index (χ2n) is 9.63. The number of primary amides is 1. The number of hydrogen-bond donors (Lipinski definition) is 3. The summed E-state index contributed by atoms with van der Waals surface area (Å²) in [5, 5.41) is 3.61. The van der Waals surface area contributed by atoms with Crippen LogP contribution in [-0.4, -0.2) is 50.1 Å². The van der Waals surface area contributed by atoms with Gasteiger partial charge in [0.25, 0.3) is 15.9 Å². The number of nitrogens with one attached hydrogen (secondary N) is 2. The van der Waals surface area contributed by atoms with Crippen molar-refractivity contribution in [1.29, 1.82) is 0 Å². The fraction of sp³-hybridized carbons (Fsp3) is 0.296. The maximum Gasteiger partial charge on any atom is 0.329 e. The number of unbranched alkanes of at least 4 members (excludes halogenated alkanes) is 1. The third-order valence-corrected chi connectivity index (χ3v) is 6.85. The van der Waals surface area contributed by atoms with E-state index >= 15 is 0 Å². The van der Waals surface area contributed by atoms with Crippen molar-refractivity contribution in [2.24, 2.45) is 10.8 Å². The Morgan fingerprint density at radius 1 is 1.07 bits per heavy atom. The molecule has 0 fully saturated rings. The Morgan fingerprint density at radius 2 is 1.78 bits per heavy atom. The Labute approximate surface area is 238 Å². The molecule has 218 valence electrons. The van der Waals surface area contributed by atoms with Crippen LogP contribution in [0.1, 0.15) is 39.2 Å². The molecule has 4 N–H and O–H groups in total. The van der Waals surface area contributed by atoms with Crippen molar-refractivity contribution in [3.05, 3.63) is 60.4 Å². The lowest BCUT2D eigenvalue weighted by atomic mass is 9.87. The van der Waals surface area contributed by atoms with E-state index in [2.05, 4.69) is 19.8 Å². The molecule has 0 unspecified atom stereocenters. The first-order valence-corrected chi connectivity index (χ1v) is 13.9. The second kappa shape index (κ2) is 13.6. The minimum Gasteiger partial charge on any atom is -0.497 e. The van der Waals surface area contributed by atoms with E-state index in [0.717, 1.165) is 11.9 Å². The van der Waals surface area contributed by atoms with Gasteiger partial charge in [0.15, 0.2) is 5.82 Å². The number of nitrogens with two attached hydrogens (primary N) is 1. The lowest BCUT2D eigenvalue weighted by Gasteiger charge is -2.19. The molecule has 1 heterocycles. The maximum atomic E-state index is 13.3. The summed E-state index contributed by atoms with van der Waals surface area (Å²) in [6.45, 7) is 6.23. The summed E-state index contributed by atoms with van der Waals surface area (Å²) in [4.78, 5) is 30.1. The van der Waals surface area contributed by atoms with Crippen LogP contribution in [0.4, 0.5) is 5.82 Å². The molecular weight excluding hydrogens is 552 g/mol. The summed E-state index contributed by atoms with van der Waals surface area (Å²) >= 11 is 0. The lowest BCUT2D eigenvalue weighted by Crippen LogP contribution is -2.32. The van der Waals surface area contributed by atoms with E-state index in [1.807, 2.05) is 26.2 Å². The van der Waals surface area contributed by atoms with Crippen molar-refractivity contribution >= 4 is 33.9 Å². The molecule has 0 bridgehead atoms. The number of anilines is 1. The van der Waals surface area contributed by atoms with Gasteiger partial charge < -0.3 is 19.9 Å². The molecule has 0 radical (unpaired) electrons. The van der Waals surface area contributed by atoms with Gasteiger partial charge in [0.1, 0.15) is 17.8 Å². The number of nitrogens with zero attached hydrogens (tertiary/aromatic N) is 3. The number of amides is 2. The van der Waals surface area contributed by atoms with Gasteiger partial charge in [0.05, 0.1) is 18.6 Å². The summed E-state index contributed by atoms with van der Waals surface area (Å²) < 4.78 is 46.0. The van der Waals surface area contributed by atoms with Crippen LogP contribution in [0.5, 0.6) is 23.1 Å². The zero-order valence-corrected chi connectivity index (χ0v) is 23.9. The highest BCUT2D eigenvalue weighted by atomic mass is 32.2. The van der Waals surface area contributed by atoms with E-state index in [1.165, 1.54) is 25.5 Å². The summed E-state index contributed by atoms with van der Waals surface area (Å²) in [6.07, 6.45) is 3.33. The summed E-state index contributed by atoms with van der Waals surface area (Å²) in [7, 11) is -2.55. The Hall–Kier alpha value is -4.72. The Morgan fingerprint density at radius 3 is 2.44 bits per heavy atom. The van der Waals surface area contributed by atoms with E-state index in [9.17, 15) is 18.0 Å². The SMILES string of the molecule is COc1cccc(Oc2c(NS(=O)(=O)c3ccc(C(C)(C)C)cc3)ncnc2OCCC/C=N/NC(=O)C(N)=O)c1. The topological polar surface area (TPSA) is 184 Å². The molecule has 3 aromatic rings. The van der Waals surface area contributed by atoms with Crippen molar-refractivity contribution in [3.63, 3.8) is 0 Å². The van der Waals surface area contributed by atoms with Gasteiger partial charge in [0.2, 0.25) is 5.75 Å². The zero-order valence-electron chi connectivity index (χ0n) is 23.1. The van der Waals surface area contributed by atoms with Gasteiger partial charge in [-0.2, -0.15) is 10.1 Å². The Balaban J connectivity index is 1.82. The molecule has 0 aliphatic rings. The van der Waals surface area contributed by atoms with Gasteiger partial charge in [-0.15, -0.1) is 0 Å². The molecule has 0 atom stereocenters. The zero-order chi connectivity index (χ0) is 30.0. The number of hydrogen-bond acceptors (Lipinski definition) is 10. The van der Waals surface area contributed by atoms with Crippen LogP contribution in [0.2, 0.25) is 0 Å². The number of sulfonamides is 1. The predicted octanol–water partition coefficient (Wildman–Crippen LogP) is 3.12. The molecule has 14 heteroatoms. The molecule has 13 nitrogen and oxygen atoms in total. The summed E-state index contributed by atoms with van der Waals surface area (Å²) in [6, 6.07) is 13.3. The van der Waals surface area contributed by atoms with E-state index in [4.69, 9.17) is 19.9 Å². The minimum atomic E-state index is -4.05. The van der Waals surface area contributed by atoms with Crippen molar-refractivity contribution in [1.82, 2.24) is 15.4 Å². The number of carbonyl (C=O) groups is 2. The van der Waals surface area contributed by atoms with Crippen molar-refractivity contribution < 1.29 is 32.2 Å². The van der Waals surface area contributed by atoms with Crippen molar-refractivity contribution in [2.75, 3.05) is 18.4 Å². The number of methoxy groups -OCH3 is 1. The number of ether oxygens (including phenoxy) is 3. The largest absolute Gasteiger partial charge is 0.497 e. The molecule has 0 saturated carbocycles. The number of rotatable bonds is 12. The minimum absolute atomic E-state index is 0.0115. The third kappa shape index (κ3) is 8.89. The molecule has 1 aromatic heterocycles. The number of hydrazone groups is 1. The first-order valence-electron chi connectivity index (χ1n) is 12.4. The fourth-order valence-corrected chi connectivity index (χ4v) is 4.31. The molecule has 0 spiro atoms. The molecule has 41 heavy (non-hydrogen) atoms. The van der Waals surface area contributed by atoms with Crippen molar-refractivity contribution in [3.8, 4) is 23.1 Å². The Bertz CT molecular complexity index is 1500. The van der Waals surface area contributed by atoms with Crippen LogP contribution in [-0.2, 0) is 25.0 Å². The van der Waals surface area contributed by atoms with Crippen molar-refractivity contribution in [2.45, 2.75) is 43.9 Å². The lowest BCUT2D eigenvalue weighted by molar-refractivity contribution is -0.137. The highest BCUT2D eigenvalue weighted by molar-refractivity contribution is 7.92. The van der Waals surface area contributed by atoms with Gasteiger partial charge in [0, 0.05) is 12.3 Å². The fourth-order valence-electron chi connectivity index (χ4n) is 3.30. The highest BCUT2D eigenvalue weighted by Gasteiger charge is 2.23. The average molecular weight is 585 g/mol. The maximum absolute atomic E-state index is 13.3. The van der Waals surface area contributed by atoms with E-state index in [-0.39, 0.29) is 34.4 Å². The van der Waals surface area contributed by atoms with Crippen LogP contribution >= 0.6 is 0 Å². The summed E-state index contributed by atoms with van der Waals surface area (Å²) in [5.74, 6) is -1.53. The number of aromatic nitrogens is 2. The van der Waals surface area contributed by atoms with E-state index < -0.39 is 21.8 Å². The third-order valence-electron chi connectivity index (χ3n) is 5.49. The first-order chi connectivity index (χ1) is 19.4. The van der Waals surface area contributed by atoms with Crippen LogP contribution in [0.25, 0.3) is 0 Å². The molecule has 0 saturated heterocycles. The smallest absolute Gasteiger partial charge is 0.329 e. The molecule has 2 amide bonds. The molecule has 0 aliphatic heterocycles. The van der Waals surface area contributed by atoms with Crippen LogP contribution in [0, 0.1) is 0 Å². The van der Waals surface area contributed by atoms with Gasteiger partial charge in [-0.3, -0.25) is 14.3 Å². The van der Waals surface area contributed by atoms with E-state index in [1.54, 1.807) is 36.4 Å². The van der Waals surface area contributed by atoms with Gasteiger partial charge in [-0.05, 0) is 48.1 Å². The standard InChI is InChI=1S/C27H32N6O7S/c1-27(2,3)18-10-12-21(13-11-18)41(36,37)33-24-22(40-20-9-7-8-19(16-20)38-4)26(30-17-29-24)39-15-6-5-14-31-32-25(35)23(28)34/h7-14,16-17H,5-6,15H2,1-4H3,(H2,28,34)(H,32,35)(H,29,30,33)/b31-14+. The average Bonchev–Trinajstić information content (AvgIpc) is 2.93. The molecule has 3 rings (SSSR count). The molecule has 0 aliphatic carbocycles. The second-order valence-corrected chi connectivity index (χ2v) is 11.3. The predicted molar refractivity (Wildman–Crippen MR) is 152 cm³/mol. The van der Waals surface area contributed by atoms with Crippen LogP contribution in [0.3, 0.4) is 0 Å².